The number of rotatable bonds is 3. The Bertz CT molecular complexity index is 649. The van der Waals surface area contributed by atoms with Crippen LogP contribution in [0.15, 0.2) is 0 Å². The molecular formula is C16H20O6. The fourth-order valence-electron chi connectivity index (χ4n) is 3.10. The predicted octanol–water partition coefficient (Wildman–Crippen LogP) is 2.65. The van der Waals surface area contributed by atoms with Crippen molar-refractivity contribution >= 4 is 11.8 Å². The van der Waals surface area contributed by atoms with Gasteiger partial charge < -0.3 is 20.1 Å². The molecule has 0 radical (unpaired) electrons. The zero-order chi connectivity index (χ0) is 16.8. The topological polar surface area (TPSA) is 104 Å². The molecule has 3 N–H and O–H groups in total. The molecule has 2 rings (SSSR count). The number of phenols is 2. The molecule has 0 aromatic heterocycles. The smallest absolute Gasteiger partial charge is 0.343 e. The minimum atomic E-state index is -1.42. The van der Waals surface area contributed by atoms with E-state index in [1.54, 1.807) is 6.92 Å². The third kappa shape index (κ3) is 2.43. The average molecular weight is 308 g/mol. The Labute approximate surface area is 128 Å². The quantitative estimate of drug-likeness (QED) is 0.793. The number of aromatic hydroxyl groups is 2. The number of ketones is 1. The van der Waals surface area contributed by atoms with Crippen LogP contribution < -0.4 is 0 Å². The first-order valence-corrected chi connectivity index (χ1v) is 7.13. The SMILES string of the molecule is CC(=O)C[C@@H]1O[C@@H](C)[C@H](C)c2c(C)c(O)c(C(=O)O)c(O)c21. The van der Waals surface area contributed by atoms with Gasteiger partial charge in [-0.05, 0) is 31.9 Å². The lowest BCUT2D eigenvalue weighted by Crippen LogP contribution is -2.29. The van der Waals surface area contributed by atoms with Gasteiger partial charge in [-0.25, -0.2) is 4.79 Å². The zero-order valence-corrected chi connectivity index (χ0v) is 13.0. The molecule has 6 heteroatoms. The fourth-order valence-corrected chi connectivity index (χ4v) is 3.10. The molecule has 1 aliphatic heterocycles. The van der Waals surface area contributed by atoms with Crippen molar-refractivity contribution in [3.8, 4) is 11.5 Å². The molecule has 0 unspecified atom stereocenters. The van der Waals surface area contributed by atoms with Gasteiger partial charge in [0.25, 0.3) is 0 Å². The van der Waals surface area contributed by atoms with Gasteiger partial charge >= 0.3 is 5.97 Å². The Morgan fingerprint density at radius 1 is 1.14 bits per heavy atom. The number of carbonyl (C=O) groups is 2. The highest BCUT2D eigenvalue weighted by Crippen LogP contribution is 2.49. The molecule has 0 amide bonds. The molecule has 22 heavy (non-hydrogen) atoms. The van der Waals surface area contributed by atoms with Crippen LogP contribution in [-0.4, -0.2) is 33.2 Å². The van der Waals surface area contributed by atoms with E-state index in [1.165, 1.54) is 6.92 Å². The molecule has 3 atom stereocenters. The van der Waals surface area contributed by atoms with Gasteiger partial charge in [-0.15, -0.1) is 0 Å². The largest absolute Gasteiger partial charge is 0.507 e. The predicted molar refractivity (Wildman–Crippen MR) is 78.5 cm³/mol. The van der Waals surface area contributed by atoms with Crippen LogP contribution in [0, 0.1) is 6.92 Å². The number of ether oxygens (including phenoxy) is 1. The standard InChI is InChI=1S/C16H20O6/c1-6(17)5-10-12-11(7(2)9(4)22-10)8(3)14(18)13(15(12)19)16(20)21/h7,9-10,18-19H,5H2,1-4H3,(H,20,21)/t7-,9-,10-/m0/s1. The monoisotopic (exact) mass is 308 g/mol. The summed E-state index contributed by atoms with van der Waals surface area (Å²) in [7, 11) is 0. The second-order valence-electron chi connectivity index (χ2n) is 5.85. The van der Waals surface area contributed by atoms with E-state index in [0.717, 1.165) is 0 Å². The summed E-state index contributed by atoms with van der Waals surface area (Å²) in [4.78, 5) is 22.8. The molecule has 0 aliphatic carbocycles. The summed E-state index contributed by atoms with van der Waals surface area (Å²) < 4.78 is 5.79. The van der Waals surface area contributed by atoms with Gasteiger partial charge in [0.15, 0.2) is 0 Å². The first-order valence-electron chi connectivity index (χ1n) is 7.13. The van der Waals surface area contributed by atoms with E-state index in [9.17, 15) is 24.9 Å². The maximum Gasteiger partial charge on any atom is 0.343 e. The van der Waals surface area contributed by atoms with Crippen LogP contribution in [0.2, 0.25) is 0 Å². The highest BCUT2D eigenvalue weighted by molar-refractivity contribution is 5.95. The summed E-state index contributed by atoms with van der Waals surface area (Å²) in [5.41, 5.74) is 0.815. The van der Waals surface area contributed by atoms with Crippen molar-refractivity contribution in [1.82, 2.24) is 0 Å². The van der Waals surface area contributed by atoms with Crippen LogP contribution in [0.4, 0.5) is 0 Å². The number of fused-ring (bicyclic) bond motifs is 1. The molecule has 6 nitrogen and oxygen atoms in total. The van der Waals surface area contributed by atoms with Crippen molar-refractivity contribution in [2.45, 2.75) is 52.2 Å². The number of carboxylic acids is 1. The van der Waals surface area contributed by atoms with Gasteiger partial charge in [0, 0.05) is 17.9 Å². The van der Waals surface area contributed by atoms with Crippen LogP contribution in [0.5, 0.6) is 11.5 Å². The Morgan fingerprint density at radius 2 is 1.73 bits per heavy atom. The third-order valence-corrected chi connectivity index (χ3v) is 4.33. The minimum absolute atomic E-state index is 0.0426. The maximum absolute atomic E-state index is 11.5. The lowest BCUT2D eigenvalue weighted by molar-refractivity contribution is -0.122. The Hall–Kier alpha value is -2.08. The van der Waals surface area contributed by atoms with E-state index in [1.807, 2.05) is 13.8 Å². The number of carboxylic acid groups (broad SMARTS) is 1. The van der Waals surface area contributed by atoms with Gasteiger partial charge in [0.2, 0.25) is 0 Å². The van der Waals surface area contributed by atoms with E-state index in [2.05, 4.69) is 0 Å². The van der Waals surface area contributed by atoms with Crippen LogP contribution >= 0.6 is 0 Å². The van der Waals surface area contributed by atoms with Gasteiger partial charge in [-0.2, -0.15) is 0 Å². The zero-order valence-electron chi connectivity index (χ0n) is 13.0. The Morgan fingerprint density at radius 3 is 2.23 bits per heavy atom. The lowest BCUT2D eigenvalue weighted by atomic mass is 9.80. The molecular weight excluding hydrogens is 288 g/mol. The molecule has 0 saturated heterocycles. The van der Waals surface area contributed by atoms with Gasteiger partial charge in [-0.1, -0.05) is 6.92 Å². The molecule has 0 spiro atoms. The van der Waals surface area contributed by atoms with E-state index in [0.29, 0.717) is 16.7 Å². The van der Waals surface area contributed by atoms with Crippen molar-refractivity contribution < 1.29 is 29.6 Å². The highest BCUT2D eigenvalue weighted by atomic mass is 16.5. The number of hydrogen-bond acceptors (Lipinski definition) is 5. The second-order valence-corrected chi connectivity index (χ2v) is 5.85. The summed E-state index contributed by atoms with van der Waals surface area (Å²) in [6.45, 7) is 6.74. The van der Waals surface area contributed by atoms with Crippen LogP contribution in [0.25, 0.3) is 0 Å². The molecule has 0 fully saturated rings. The molecule has 1 aromatic carbocycles. The average Bonchev–Trinajstić information content (AvgIpc) is 2.39. The van der Waals surface area contributed by atoms with Crippen LogP contribution in [-0.2, 0) is 9.53 Å². The molecule has 120 valence electrons. The second kappa shape index (κ2) is 5.61. The van der Waals surface area contributed by atoms with Crippen molar-refractivity contribution in [3.63, 3.8) is 0 Å². The molecule has 1 heterocycles. The van der Waals surface area contributed by atoms with Gasteiger partial charge in [0.05, 0.1) is 12.2 Å². The van der Waals surface area contributed by atoms with E-state index in [-0.39, 0.29) is 24.2 Å². The summed E-state index contributed by atoms with van der Waals surface area (Å²) in [5.74, 6) is -2.65. The van der Waals surface area contributed by atoms with E-state index < -0.39 is 29.1 Å². The highest BCUT2D eigenvalue weighted by Gasteiger charge is 2.38. The van der Waals surface area contributed by atoms with Crippen LogP contribution in [0.1, 0.15) is 66.3 Å². The maximum atomic E-state index is 11.5. The van der Waals surface area contributed by atoms with Crippen molar-refractivity contribution in [2.24, 2.45) is 0 Å². The molecule has 1 aliphatic rings. The Kier molecular flexibility index (Phi) is 4.15. The summed E-state index contributed by atoms with van der Waals surface area (Å²) >= 11 is 0. The van der Waals surface area contributed by atoms with Crippen molar-refractivity contribution in [1.29, 1.82) is 0 Å². The number of benzene rings is 1. The molecule has 0 bridgehead atoms. The Balaban J connectivity index is 2.79. The lowest BCUT2D eigenvalue weighted by Gasteiger charge is -2.37. The number of carbonyl (C=O) groups excluding carboxylic acids is 1. The molecule has 0 saturated carbocycles. The summed E-state index contributed by atoms with van der Waals surface area (Å²) in [6.07, 6.45) is -0.887. The molecule has 1 aromatic rings. The summed E-state index contributed by atoms with van der Waals surface area (Å²) in [6, 6.07) is 0. The van der Waals surface area contributed by atoms with Crippen molar-refractivity contribution in [2.75, 3.05) is 0 Å². The van der Waals surface area contributed by atoms with E-state index >= 15 is 0 Å². The summed E-state index contributed by atoms with van der Waals surface area (Å²) in [5, 5.41) is 29.7. The third-order valence-electron chi connectivity index (χ3n) is 4.33. The van der Waals surface area contributed by atoms with Gasteiger partial charge in [-0.3, -0.25) is 4.79 Å². The minimum Gasteiger partial charge on any atom is -0.507 e. The van der Waals surface area contributed by atoms with Crippen LogP contribution in [0.3, 0.4) is 0 Å². The first kappa shape index (κ1) is 16.3. The van der Waals surface area contributed by atoms with Gasteiger partial charge in [0.1, 0.15) is 22.8 Å². The fraction of sp³-hybridized carbons (Fsp3) is 0.500. The van der Waals surface area contributed by atoms with E-state index in [4.69, 9.17) is 4.74 Å². The number of hydrogen-bond donors (Lipinski definition) is 3. The number of Topliss-reactive ketones (excluding diaryl/α,β-unsaturated/α-hetero) is 1. The number of aromatic carboxylic acids is 1. The van der Waals surface area contributed by atoms with Crippen molar-refractivity contribution in [3.05, 3.63) is 22.3 Å². The normalized spacial score (nSPS) is 23.9. The first-order chi connectivity index (χ1) is 10.2.